The van der Waals surface area contributed by atoms with Gasteiger partial charge in [-0.2, -0.15) is 0 Å². The van der Waals surface area contributed by atoms with E-state index in [1.807, 2.05) is 30.3 Å². The molecule has 3 aromatic rings. The number of carbonyl (C=O) groups is 1. The molecule has 6 nitrogen and oxygen atoms in total. The highest BCUT2D eigenvalue weighted by Crippen LogP contribution is 2.34. The van der Waals surface area contributed by atoms with Crippen molar-refractivity contribution in [3.05, 3.63) is 64.8 Å². The van der Waals surface area contributed by atoms with Crippen LogP contribution in [0.25, 0.3) is 11.3 Å². The molecule has 0 unspecified atom stereocenters. The molecule has 136 valence electrons. The molecule has 1 aromatic heterocycles. The van der Waals surface area contributed by atoms with E-state index in [1.165, 1.54) is 0 Å². The third-order valence-corrected chi connectivity index (χ3v) is 4.55. The number of hydrogen-bond donors (Lipinski definition) is 2. The van der Waals surface area contributed by atoms with Gasteiger partial charge in [-0.15, -0.1) is 0 Å². The van der Waals surface area contributed by atoms with Gasteiger partial charge in [-0.3, -0.25) is 4.79 Å². The molecule has 0 radical (unpaired) electrons. The highest BCUT2D eigenvalue weighted by molar-refractivity contribution is 6.31. The highest BCUT2D eigenvalue weighted by atomic mass is 35.5. The van der Waals surface area contributed by atoms with E-state index in [-0.39, 0.29) is 12.3 Å². The minimum atomic E-state index is -0.113. The van der Waals surface area contributed by atoms with Gasteiger partial charge in [0.25, 0.3) is 0 Å². The van der Waals surface area contributed by atoms with Gasteiger partial charge >= 0.3 is 0 Å². The zero-order chi connectivity index (χ0) is 18.8. The SMILES string of the molecule is COc1cccc(CNc2ncc3c(n2)-c2ccc(Cl)cc2NC(=O)C3)c1. The van der Waals surface area contributed by atoms with E-state index < -0.39 is 0 Å². The summed E-state index contributed by atoms with van der Waals surface area (Å²) in [6.07, 6.45) is 1.91. The van der Waals surface area contributed by atoms with Crippen LogP contribution < -0.4 is 15.4 Å². The second kappa shape index (κ2) is 7.25. The lowest BCUT2D eigenvalue weighted by molar-refractivity contribution is -0.115. The van der Waals surface area contributed by atoms with E-state index in [4.69, 9.17) is 16.3 Å². The lowest BCUT2D eigenvalue weighted by atomic mass is 10.1. The molecular weight excluding hydrogens is 364 g/mol. The standard InChI is InChI=1S/C20H17ClN4O2/c1-27-15-4-2-3-12(7-15)10-22-20-23-11-13-8-18(26)24-17-9-14(21)5-6-16(17)19(13)25-20/h2-7,9,11H,8,10H2,1H3,(H,24,26)(H,22,23,25). The number of fused-ring (bicyclic) bond motifs is 3. The molecule has 1 amide bonds. The molecule has 4 rings (SSSR count). The molecule has 2 heterocycles. The number of anilines is 2. The number of benzene rings is 2. The van der Waals surface area contributed by atoms with Crippen LogP contribution >= 0.6 is 11.6 Å². The summed E-state index contributed by atoms with van der Waals surface area (Å²) in [4.78, 5) is 21.1. The molecule has 1 aliphatic rings. The van der Waals surface area contributed by atoms with Gasteiger partial charge < -0.3 is 15.4 Å². The van der Waals surface area contributed by atoms with Gasteiger partial charge in [0, 0.05) is 28.9 Å². The number of carbonyl (C=O) groups excluding carboxylic acids is 1. The maximum Gasteiger partial charge on any atom is 0.228 e. The lowest BCUT2D eigenvalue weighted by Crippen LogP contribution is -2.13. The monoisotopic (exact) mass is 380 g/mol. The number of aromatic nitrogens is 2. The Morgan fingerprint density at radius 1 is 1.26 bits per heavy atom. The second-order valence-corrected chi connectivity index (χ2v) is 6.62. The van der Waals surface area contributed by atoms with Crippen molar-refractivity contribution in [1.29, 1.82) is 0 Å². The molecular formula is C20H17ClN4O2. The van der Waals surface area contributed by atoms with Gasteiger partial charge in [0.05, 0.1) is 24.9 Å². The number of methoxy groups -OCH3 is 1. The normalized spacial score (nSPS) is 12.4. The fourth-order valence-corrected chi connectivity index (χ4v) is 3.18. The number of nitrogens with one attached hydrogen (secondary N) is 2. The van der Waals surface area contributed by atoms with Crippen LogP contribution in [-0.2, 0) is 17.8 Å². The second-order valence-electron chi connectivity index (χ2n) is 6.19. The van der Waals surface area contributed by atoms with Crippen molar-refractivity contribution in [2.24, 2.45) is 0 Å². The Kier molecular flexibility index (Phi) is 4.64. The van der Waals surface area contributed by atoms with Crippen molar-refractivity contribution < 1.29 is 9.53 Å². The minimum absolute atomic E-state index is 0.113. The van der Waals surface area contributed by atoms with E-state index in [1.54, 1.807) is 25.4 Å². The zero-order valence-electron chi connectivity index (χ0n) is 14.6. The van der Waals surface area contributed by atoms with Crippen molar-refractivity contribution in [3.63, 3.8) is 0 Å². The molecule has 0 saturated heterocycles. The summed E-state index contributed by atoms with van der Waals surface area (Å²) in [5.41, 5.74) is 4.04. The Hall–Kier alpha value is -3.12. The van der Waals surface area contributed by atoms with Crippen LogP contribution in [0.4, 0.5) is 11.6 Å². The van der Waals surface area contributed by atoms with Crippen molar-refractivity contribution in [1.82, 2.24) is 9.97 Å². The third-order valence-electron chi connectivity index (χ3n) is 4.31. The van der Waals surface area contributed by atoms with Gasteiger partial charge in [0.1, 0.15) is 5.75 Å². The molecule has 2 aromatic carbocycles. The molecule has 0 saturated carbocycles. The Morgan fingerprint density at radius 3 is 3.00 bits per heavy atom. The van der Waals surface area contributed by atoms with E-state index >= 15 is 0 Å². The van der Waals surface area contributed by atoms with E-state index in [9.17, 15) is 4.79 Å². The number of nitrogens with zero attached hydrogens (tertiary/aromatic N) is 2. The van der Waals surface area contributed by atoms with Crippen LogP contribution in [0.3, 0.4) is 0 Å². The van der Waals surface area contributed by atoms with Gasteiger partial charge in [-0.05, 0) is 35.9 Å². The van der Waals surface area contributed by atoms with E-state index in [0.29, 0.717) is 23.2 Å². The van der Waals surface area contributed by atoms with Gasteiger partial charge in [0.2, 0.25) is 11.9 Å². The van der Waals surface area contributed by atoms with Crippen LogP contribution in [0.2, 0.25) is 5.02 Å². The topological polar surface area (TPSA) is 76.1 Å². The Morgan fingerprint density at radius 2 is 2.15 bits per heavy atom. The van der Waals surface area contributed by atoms with Crippen LogP contribution in [0.15, 0.2) is 48.7 Å². The summed E-state index contributed by atoms with van der Waals surface area (Å²) < 4.78 is 5.25. The molecule has 0 fully saturated rings. The molecule has 0 spiro atoms. The Labute approximate surface area is 161 Å². The van der Waals surface area contributed by atoms with Crippen LogP contribution in [0.1, 0.15) is 11.1 Å². The third kappa shape index (κ3) is 3.71. The van der Waals surface area contributed by atoms with Crippen LogP contribution in [-0.4, -0.2) is 23.0 Å². The summed E-state index contributed by atoms with van der Waals surface area (Å²) in [7, 11) is 1.64. The maximum atomic E-state index is 12.1. The predicted octanol–water partition coefficient (Wildman–Crippen LogP) is 3.91. The molecule has 0 bridgehead atoms. The average molecular weight is 381 g/mol. The van der Waals surface area contributed by atoms with Gasteiger partial charge in [0.15, 0.2) is 0 Å². The lowest BCUT2D eigenvalue weighted by Gasteiger charge is -2.11. The summed E-state index contributed by atoms with van der Waals surface area (Å²) in [6.45, 7) is 0.556. The van der Waals surface area contributed by atoms with E-state index in [2.05, 4.69) is 20.6 Å². The first-order valence-corrected chi connectivity index (χ1v) is 8.82. The molecule has 1 aliphatic heterocycles. The van der Waals surface area contributed by atoms with Crippen molar-refractivity contribution in [2.75, 3.05) is 17.7 Å². The Bertz CT molecular complexity index is 1020. The zero-order valence-corrected chi connectivity index (χ0v) is 15.4. The quantitative estimate of drug-likeness (QED) is 0.717. The number of halogens is 1. The first-order chi connectivity index (χ1) is 13.1. The van der Waals surface area contributed by atoms with Gasteiger partial charge in [-0.1, -0.05) is 23.7 Å². The van der Waals surface area contributed by atoms with Gasteiger partial charge in [-0.25, -0.2) is 9.97 Å². The Balaban J connectivity index is 1.64. The van der Waals surface area contributed by atoms with Crippen LogP contribution in [0, 0.1) is 0 Å². The minimum Gasteiger partial charge on any atom is -0.497 e. The van der Waals surface area contributed by atoms with Crippen molar-refractivity contribution in [3.8, 4) is 17.0 Å². The van der Waals surface area contributed by atoms with E-state index in [0.717, 1.165) is 28.1 Å². The molecule has 0 atom stereocenters. The van der Waals surface area contributed by atoms with Crippen LogP contribution in [0.5, 0.6) is 5.75 Å². The smallest absolute Gasteiger partial charge is 0.228 e. The summed E-state index contributed by atoms with van der Waals surface area (Å²) in [5, 5.41) is 6.66. The number of amides is 1. The summed E-state index contributed by atoms with van der Waals surface area (Å²) in [6, 6.07) is 13.2. The fraction of sp³-hybridized carbons (Fsp3) is 0.150. The molecule has 2 N–H and O–H groups in total. The first kappa shape index (κ1) is 17.3. The number of hydrogen-bond acceptors (Lipinski definition) is 5. The number of ether oxygens (including phenoxy) is 1. The largest absolute Gasteiger partial charge is 0.497 e. The molecule has 27 heavy (non-hydrogen) atoms. The fourth-order valence-electron chi connectivity index (χ4n) is 3.01. The molecule has 7 heteroatoms. The van der Waals surface area contributed by atoms with Crippen molar-refractivity contribution in [2.45, 2.75) is 13.0 Å². The highest BCUT2D eigenvalue weighted by Gasteiger charge is 2.21. The summed E-state index contributed by atoms with van der Waals surface area (Å²) >= 11 is 6.07. The average Bonchev–Trinajstić information content (AvgIpc) is 2.81. The first-order valence-electron chi connectivity index (χ1n) is 8.45. The van der Waals surface area contributed by atoms with Crippen molar-refractivity contribution >= 4 is 29.1 Å². The summed E-state index contributed by atoms with van der Waals surface area (Å²) in [5.74, 6) is 1.18. The number of rotatable bonds is 4. The maximum absolute atomic E-state index is 12.1. The predicted molar refractivity (Wildman–Crippen MR) is 105 cm³/mol. The molecule has 0 aliphatic carbocycles.